The summed E-state index contributed by atoms with van der Waals surface area (Å²) in [4.78, 5) is 10.7. The number of esters is 1. The first-order valence-corrected chi connectivity index (χ1v) is 4.11. The molecule has 1 saturated heterocycles. The lowest BCUT2D eigenvalue weighted by atomic mass is 10.3. The smallest absolute Gasteiger partial charge is 0.330 e. The van der Waals surface area contributed by atoms with E-state index in [1.54, 1.807) is 6.08 Å². The number of rotatable bonds is 2. The Morgan fingerprint density at radius 3 is 2.77 bits per heavy atom. The van der Waals surface area contributed by atoms with E-state index in [4.69, 9.17) is 9.47 Å². The topological polar surface area (TPSA) is 44.8 Å². The van der Waals surface area contributed by atoms with E-state index >= 15 is 0 Å². The second kappa shape index (κ2) is 3.89. The largest absolute Gasteiger partial charge is 0.466 e. The fourth-order valence-electron chi connectivity index (χ4n) is 1.06. The molecule has 4 nitrogen and oxygen atoms in total. The normalized spacial score (nSPS) is 26.5. The Hall–Kier alpha value is -0.870. The van der Waals surface area contributed by atoms with E-state index in [0.29, 0.717) is 6.61 Å². The molecule has 1 aliphatic rings. The fourth-order valence-corrected chi connectivity index (χ4v) is 1.06. The van der Waals surface area contributed by atoms with Crippen LogP contribution in [0.2, 0.25) is 0 Å². The van der Waals surface area contributed by atoms with Gasteiger partial charge in [-0.25, -0.2) is 4.79 Å². The predicted molar refractivity (Wildman–Crippen MR) is 46.1 cm³/mol. The zero-order valence-corrected chi connectivity index (χ0v) is 8.07. The van der Waals surface area contributed by atoms with Crippen LogP contribution in [0.4, 0.5) is 0 Å². The number of carbonyl (C=O) groups excluding carboxylic acids is 1. The van der Waals surface area contributed by atoms with Crippen LogP contribution in [0.3, 0.4) is 0 Å². The molecule has 0 aromatic carbocycles. The van der Waals surface area contributed by atoms with Crippen molar-refractivity contribution in [1.29, 1.82) is 0 Å². The van der Waals surface area contributed by atoms with Crippen LogP contribution in [-0.2, 0) is 19.0 Å². The molecular formula is C9H14O4. The summed E-state index contributed by atoms with van der Waals surface area (Å²) in [5, 5.41) is 0. The quantitative estimate of drug-likeness (QED) is 0.474. The highest BCUT2D eigenvalue weighted by Crippen LogP contribution is 2.22. The van der Waals surface area contributed by atoms with Crippen LogP contribution in [0.15, 0.2) is 12.2 Å². The van der Waals surface area contributed by atoms with E-state index in [2.05, 4.69) is 4.74 Å². The third-order valence-corrected chi connectivity index (χ3v) is 1.68. The van der Waals surface area contributed by atoms with Crippen LogP contribution in [0, 0.1) is 0 Å². The first-order valence-electron chi connectivity index (χ1n) is 4.11. The zero-order valence-electron chi connectivity index (χ0n) is 8.07. The molecule has 0 N–H and O–H groups in total. The highest BCUT2D eigenvalue weighted by atomic mass is 16.7. The van der Waals surface area contributed by atoms with Gasteiger partial charge in [0, 0.05) is 6.08 Å². The predicted octanol–water partition coefficient (Wildman–Crippen LogP) is 0.867. The monoisotopic (exact) mass is 186 g/mol. The van der Waals surface area contributed by atoms with Crippen molar-refractivity contribution in [3.8, 4) is 0 Å². The van der Waals surface area contributed by atoms with Crippen molar-refractivity contribution >= 4 is 5.97 Å². The van der Waals surface area contributed by atoms with Gasteiger partial charge in [0.25, 0.3) is 0 Å². The molecule has 0 aromatic heterocycles. The van der Waals surface area contributed by atoms with Crippen LogP contribution >= 0.6 is 0 Å². The van der Waals surface area contributed by atoms with Gasteiger partial charge in [-0.1, -0.05) is 0 Å². The van der Waals surface area contributed by atoms with E-state index in [-0.39, 0.29) is 12.1 Å². The number of methoxy groups -OCH3 is 1. The van der Waals surface area contributed by atoms with Crippen molar-refractivity contribution in [3.63, 3.8) is 0 Å². The van der Waals surface area contributed by atoms with Crippen molar-refractivity contribution in [2.75, 3.05) is 13.7 Å². The van der Waals surface area contributed by atoms with Crippen molar-refractivity contribution in [1.82, 2.24) is 0 Å². The summed E-state index contributed by atoms with van der Waals surface area (Å²) >= 11 is 0. The standard InChI is InChI=1S/C9H14O4/c1-9(2)12-6-7(13-9)4-5-8(10)11-3/h4-5,7H,6H2,1-3H3/b5-4-/t7-/m1/s1. The van der Waals surface area contributed by atoms with Crippen LogP contribution in [0.25, 0.3) is 0 Å². The van der Waals surface area contributed by atoms with Crippen molar-refractivity contribution < 1.29 is 19.0 Å². The molecule has 1 heterocycles. The summed E-state index contributed by atoms with van der Waals surface area (Å²) in [6, 6.07) is 0. The molecule has 1 rings (SSSR count). The summed E-state index contributed by atoms with van der Waals surface area (Å²) in [6.07, 6.45) is 2.82. The molecule has 0 spiro atoms. The minimum Gasteiger partial charge on any atom is -0.466 e. The molecule has 13 heavy (non-hydrogen) atoms. The summed E-state index contributed by atoms with van der Waals surface area (Å²) in [7, 11) is 1.34. The van der Waals surface area contributed by atoms with Crippen molar-refractivity contribution in [3.05, 3.63) is 12.2 Å². The van der Waals surface area contributed by atoms with Crippen LogP contribution in [0.5, 0.6) is 0 Å². The molecule has 0 radical (unpaired) electrons. The highest BCUT2D eigenvalue weighted by Gasteiger charge is 2.30. The number of hydrogen-bond acceptors (Lipinski definition) is 4. The first-order chi connectivity index (χ1) is 6.03. The molecule has 4 heteroatoms. The Morgan fingerprint density at radius 1 is 1.62 bits per heavy atom. The Balaban J connectivity index is 2.40. The highest BCUT2D eigenvalue weighted by molar-refractivity contribution is 5.81. The van der Waals surface area contributed by atoms with Crippen molar-refractivity contribution in [2.24, 2.45) is 0 Å². The van der Waals surface area contributed by atoms with E-state index < -0.39 is 5.79 Å². The van der Waals surface area contributed by atoms with Gasteiger partial charge >= 0.3 is 5.97 Å². The van der Waals surface area contributed by atoms with Crippen LogP contribution in [-0.4, -0.2) is 31.6 Å². The number of carbonyl (C=O) groups is 1. The summed E-state index contributed by atoms with van der Waals surface area (Å²) in [5.74, 6) is -0.932. The van der Waals surface area contributed by atoms with Crippen LogP contribution in [0.1, 0.15) is 13.8 Å². The maximum atomic E-state index is 10.7. The second-order valence-electron chi connectivity index (χ2n) is 3.25. The van der Waals surface area contributed by atoms with Gasteiger partial charge in [0.15, 0.2) is 5.79 Å². The molecule has 0 bridgehead atoms. The first kappa shape index (κ1) is 10.2. The molecule has 74 valence electrons. The van der Waals surface area contributed by atoms with Gasteiger partial charge < -0.3 is 14.2 Å². The lowest BCUT2D eigenvalue weighted by Gasteiger charge is -2.15. The fraction of sp³-hybridized carbons (Fsp3) is 0.667. The van der Waals surface area contributed by atoms with E-state index in [1.807, 2.05) is 13.8 Å². The summed E-state index contributed by atoms with van der Waals surface area (Å²) < 4.78 is 15.2. The average Bonchev–Trinajstić information content (AvgIpc) is 2.41. The van der Waals surface area contributed by atoms with Gasteiger partial charge in [-0.15, -0.1) is 0 Å². The van der Waals surface area contributed by atoms with E-state index in [1.165, 1.54) is 13.2 Å². The Morgan fingerprint density at radius 2 is 2.31 bits per heavy atom. The second-order valence-corrected chi connectivity index (χ2v) is 3.25. The Labute approximate surface area is 77.5 Å². The third-order valence-electron chi connectivity index (χ3n) is 1.68. The van der Waals surface area contributed by atoms with Gasteiger partial charge in [-0.3, -0.25) is 0 Å². The number of ether oxygens (including phenoxy) is 3. The van der Waals surface area contributed by atoms with Crippen molar-refractivity contribution in [2.45, 2.75) is 25.7 Å². The lowest BCUT2D eigenvalue weighted by molar-refractivity contribution is -0.136. The van der Waals surface area contributed by atoms with Gasteiger partial charge in [0.05, 0.1) is 13.7 Å². The molecule has 0 aromatic rings. The molecule has 0 unspecified atom stereocenters. The van der Waals surface area contributed by atoms with Gasteiger partial charge in [0.2, 0.25) is 0 Å². The SMILES string of the molecule is COC(=O)/C=C\[C@@H]1COC(C)(C)O1. The average molecular weight is 186 g/mol. The molecule has 1 fully saturated rings. The molecule has 0 saturated carbocycles. The van der Waals surface area contributed by atoms with Gasteiger partial charge in [0.1, 0.15) is 6.10 Å². The van der Waals surface area contributed by atoms with Gasteiger partial charge in [-0.05, 0) is 19.9 Å². The molecular weight excluding hydrogens is 172 g/mol. The maximum Gasteiger partial charge on any atom is 0.330 e. The Kier molecular flexibility index (Phi) is 3.06. The zero-order chi connectivity index (χ0) is 9.90. The van der Waals surface area contributed by atoms with E-state index in [0.717, 1.165) is 0 Å². The Bertz CT molecular complexity index is 220. The minimum absolute atomic E-state index is 0.158. The van der Waals surface area contributed by atoms with E-state index in [9.17, 15) is 4.79 Å². The van der Waals surface area contributed by atoms with Gasteiger partial charge in [-0.2, -0.15) is 0 Å². The van der Waals surface area contributed by atoms with Crippen LogP contribution < -0.4 is 0 Å². The number of hydrogen-bond donors (Lipinski definition) is 0. The minimum atomic E-state index is -0.550. The molecule has 0 aliphatic carbocycles. The summed E-state index contributed by atoms with van der Waals surface area (Å²) in [5.41, 5.74) is 0. The lowest BCUT2D eigenvalue weighted by Crippen LogP contribution is -2.20. The molecule has 1 atom stereocenters. The molecule has 0 amide bonds. The maximum absolute atomic E-state index is 10.7. The molecule has 1 aliphatic heterocycles. The third kappa shape index (κ3) is 3.16. The summed E-state index contributed by atoms with van der Waals surface area (Å²) in [6.45, 7) is 4.14.